The summed E-state index contributed by atoms with van der Waals surface area (Å²) in [6.45, 7) is 5.65. The Labute approximate surface area is 103 Å². The van der Waals surface area contributed by atoms with Crippen molar-refractivity contribution in [3.63, 3.8) is 0 Å². The summed E-state index contributed by atoms with van der Waals surface area (Å²) in [6, 6.07) is 6.00. The third-order valence-electron chi connectivity index (χ3n) is 3.35. The number of para-hydroxylation sites is 1. The predicted octanol–water partition coefficient (Wildman–Crippen LogP) is 2.89. The molecular formula is C14H21NO2. The van der Waals surface area contributed by atoms with Crippen LogP contribution in [0.15, 0.2) is 18.2 Å². The van der Waals surface area contributed by atoms with Gasteiger partial charge < -0.3 is 15.2 Å². The lowest BCUT2D eigenvalue weighted by Gasteiger charge is -2.24. The second-order valence-corrected chi connectivity index (χ2v) is 4.73. The predicted molar refractivity (Wildman–Crippen MR) is 68.4 cm³/mol. The summed E-state index contributed by atoms with van der Waals surface area (Å²) in [5.41, 5.74) is 7.33. The van der Waals surface area contributed by atoms with Crippen molar-refractivity contribution in [2.24, 2.45) is 11.7 Å². The molecule has 3 heteroatoms. The van der Waals surface area contributed by atoms with Crippen molar-refractivity contribution in [1.29, 1.82) is 0 Å². The van der Waals surface area contributed by atoms with Crippen LogP contribution in [0.3, 0.4) is 0 Å². The van der Waals surface area contributed by atoms with E-state index in [2.05, 4.69) is 13.8 Å². The summed E-state index contributed by atoms with van der Waals surface area (Å²) in [5.74, 6) is 2.30. The normalized spacial score (nSPS) is 17.6. The standard InChI is InChI=1S/C14H21NO2/c1-3-10(2)9-12(15)11-5-4-6-13-14(11)17-8-7-16-13/h4-6,10,12H,3,7-9,15H2,1-2H3. The molecule has 2 N–H and O–H groups in total. The SMILES string of the molecule is CCC(C)CC(N)c1cccc2c1OCCO2. The average molecular weight is 235 g/mol. The van der Waals surface area contributed by atoms with E-state index in [1.54, 1.807) is 0 Å². The van der Waals surface area contributed by atoms with Crippen LogP contribution in [0.5, 0.6) is 11.5 Å². The highest BCUT2D eigenvalue weighted by Gasteiger charge is 2.20. The van der Waals surface area contributed by atoms with Crippen LogP contribution in [0.25, 0.3) is 0 Å². The zero-order chi connectivity index (χ0) is 12.3. The molecule has 2 atom stereocenters. The van der Waals surface area contributed by atoms with Gasteiger partial charge in [-0.25, -0.2) is 0 Å². The van der Waals surface area contributed by atoms with Gasteiger partial charge in [-0.3, -0.25) is 0 Å². The molecule has 1 aliphatic rings. The molecule has 0 aromatic heterocycles. The first-order valence-electron chi connectivity index (χ1n) is 6.36. The molecular weight excluding hydrogens is 214 g/mol. The second kappa shape index (κ2) is 5.41. The average Bonchev–Trinajstić information content (AvgIpc) is 2.37. The summed E-state index contributed by atoms with van der Waals surface area (Å²) in [6.07, 6.45) is 2.14. The highest BCUT2D eigenvalue weighted by molar-refractivity contribution is 5.48. The molecule has 1 aromatic carbocycles. The Kier molecular flexibility index (Phi) is 3.89. The van der Waals surface area contributed by atoms with Crippen molar-refractivity contribution in [2.45, 2.75) is 32.7 Å². The van der Waals surface area contributed by atoms with Gasteiger partial charge in [0.1, 0.15) is 13.2 Å². The number of benzene rings is 1. The molecule has 1 aromatic rings. The Balaban J connectivity index is 2.20. The monoisotopic (exact) mass is 235 g/mol. The van der Waals surface area contributed by atoms with Crippen LogP contribution in [0.4, 0.5) is 0 Å². The van der Waals surface area contributed by atoms with E-state index in [0.717, 1.165) is 29.9 Å². The van der Waals surface area contributed by atoms with Crippen molar-refractivity contribution in [3.8, 4) is 11.5 Å². The summed E-state index contributed by atoms with van der Waals surface area (Å²) < 4.78 is 11.3. The Bertz CT molecular complexity index is 378. The van der Waals surface area contributed by atoms with Gasteiger partial charge in [-0.1, -0.05) is 32.4 Å². The number of ether oxygens (including phenoxy) is 2. The number of fused-ring (bicyclic) bond motifs is 1. The lowest BCUT2D eigenvalue weighted by Crippen LogP contribution is -2.20. The molecule has 2 rings (SSSR count). The smallest absolute Gasteiger partial charge is 0.166 e. The molecule has 0 aliphatic carbocycles. The van der Waals surface area contributed by atoms with Crippen molar-refractivity contribution in [3.05, 3.63) is 23.8 Å². The molecule has 17 heavy (non-hydrogen) atoms. The van der Waals surface area contributed by atoms with Gasteiger partial charge in [0, 0.05) is 11.6 Å². The van der Waals surface area contributed by atoms with Crippen LogP contribution >= 0.6 is 0 Å². The summed E-state index contributed by atoms with van der Waals surface area (Å²) >= 11 is 0. The fourth-order valence-corrected chi connectivity index (χ4v) is 2.12. The number of rotatable bonds is 4. The molecule has 0 fully saturated rings. The molecule has 1 heterocycles. The first-order valence-corrected chi connectivity index (χ1v) is 6.36. The van der Waals surface area contributed by atoms with Gasteiger partial charge >= 0.3 is 0 Å². The van der Waals surface area contributed by atoms with E-state index >= 15 is 0 Å². The molecule has 0 spiro atoms. The van der Waals surface area contributed by atoms with Crippen LogP contribution in [0, 0.1) is 5.92 Å². The lowest BCUT2D eigenvalue weighted by atomic mass is 9.94. The largest absolute Gasteiger partial charge is 0.486 e. The van der Waals surface area contributed by atoms with E-state index < -0.39 is 0 Å². The zero-order valence-electron chi connectivity index (χ0n) is 10.6. The minimum absolute atomic E-state index is 0.0293. The van der Waals surface area contributed by atoms with Gasteiger partial charge in [0.2, 0.25) is 0 Å². The van der Waals surface area contributed by atoms with Gasteiger partial charge in [-0.15, -0.1) is 0 Å². The maximum absolute atomic E-state index is 6.26. The molecule has 0 saturated heterocycles. The van der Waals surface area contributed by atoms with Crippen molar-refractivity contribution < 1.29 is 9.47 Å². The summed E-state index contributed by atoms with van der Waals surface area (Å²) in [7, 11) is 0. The Hall–Kier alpha value is -1.22. The van der Waals surface area contributed by atoms with Crippen molar-refractivity contribution >= 4 is 0 Å². The van der Waals surface area contributed by atoms with E-state index in [1.807, 2.05) is 18.2 Å². The minimum Gasteiger partial charge on any atom is -0.486 e. The van der Waals surface area contributed by atoms with Gasteiger partial charge in [-0.05, 0) is 18.4 Å². The van der Waals surface area contributed by atoms with E-state index in [1.165, 1.54) is 0 Å². The first kappa shape index (κ1) is 12.2. The van der Waals surface area contributed by atoms with E-state index in [9.17, 15) is 0 Å². The second-order valence-electron chi connectivity index (χ2n) is 4.73. The highest BCUT2D eigenvalue weighted by Crippen LogP contribution is 2.37. The third-order valence-corrected chi connectivity index (χ3v) is 3.35. The molecule has 94 valence electrons. The lowest BCUT2D eigenvalue weighted by molar-refractivity contribution is 0.168. The summed E-state index contributed by atoms with van der Waals surface area (Å²) in [5, 5.41) is 0. The summed E-state index contributed by atoms with van der Waals surface area (Å²) in [4.78, 5) is 0. The van der Waals surface area contributed by atoms with Gasteiger partial charge in [0.05, 0.1) is 0 Å². The fraction of sp³-hybridized carbons (Fsp3) is 0.571. The van der Waals surface area contributed by atoms with E-state index in [0.29, 0.717) is 19.1 Å². The van der Waals surface area contributed by atoms with Crippen LogP contribution in [-0.4, -0.2) is 13.2 Å². The minimum atomic E-state index is 0.0293. The molecule has 0 saturated carbocycles. The van der Waals surface area contributed by atoms with E-state index in [4.69, 9.17) is 15.2 Å². The van der Waals surface area contributed by atoms with Crippen molar-refractivity contribution in [2.75, 3.05) is 13.2 Å². The Morgan fingerprint density at radius 2 is 2.06 bits per heavy atom. The number of hydrogen-bond acceptors (Lipinski definition) is 3. The third kappa shape index (κ3) is 2.72. The van der Waals surface area contributed by atoms with Crippen LogP contribution < -0.4 is 15.2 Å². The quantitative estimate of drug-likeness (QED) is 0.872. The van der Waals surface area contributed by atoms with Crippen LogP contribution in [-0.2, 0) is 0 Å². The molecule has 0 amide bonds. The van der Waals surface area contributed by atoms with Gasteiger partial charge in [0.15, 0.2) is 11.5 Å². The number of nitrogens with two attached hydrogens (primary N) is 1. The molecule has 0 bridgehead atoms. The Morgan fingerprint density at radius 1 is 1.29 bits per heavy atom. The van der Waals surface area contributed by atoms with Gasteiger partial charge in [0.25, 0.3) is 0 Å². The molecule has 3 nitrogen and oxygen atoms in total. The Morgan fingerprint density at radius 3 is 2.82 bits per heavy atom. The van der Waals surface area contributed by atoms with E-state index in [-0.39, 0.29) is 6.04 Å². The molecule has 2 unspecified atom stereocenters. The van der Waals surface area contributed by atoms with Crippen LogP contribution in [0.2, 0.25) is 0 Å². The fourth-order valence-electron chi connectivity index (χ4n) is 2.12. The molecule has 0 radical (unpaired) electrons. The highest BCUT2D eigenvalue weighted by atomic mass is 16.6. The zero-order valence-corrected chi connectivity index (χ0v) is 10.6. The van der Waals surface area contributed by atoms with Gasteiger partial charge in [-0.2, -0.15) is 0 Å². The maximum atomic E-state index is 6.26. The molecule has 1 aliphatic heterocycles. The topological polar surface area (TPSA) is 44.5 Å². The van der Waals surface area contributed by atoms with Crippen LogP contribution in [0.1, 0.15) is 38.3 Å². The van der Waals surface area contributed by atoms with Crippen molar-refractivity contribution in [1.82, 2.24) is 0 Å². The first-order chi connectivity index (χ1) is 8.22. The number of hydrogen-bond donors (Lipinski definition) is 1. The maximum Gasteiger partial charge on any atom is 0.166 e.